The summed E-state index contributed by atoms with van der Waals surface area (Å²) in [5, 5.41) is 12.9. The van der Waals surface area contributed by atoms with Gasteiger partial charge in [0.15, 0.2) is 0 Å². The number of nitrogens with one attached hydrogen (secondary N) is 1. The van der Waals surface area contributed by atoms with Gasteiger partial charge in [-0.2, -0.15) is 17.0 Å². The molecule has 0 aromatic carbocycles. The maximum Gasteiger partial charge on any atom is 0.103 e. The van der Waals surface area contributed by atoms with Crippen LogP contribution in [0.1, 0.15) is 5.56 Å². The van der Waals surface area contributed by atoms with Crippen molar-refractivity contribution in [2.45, 2.75) is 5.25 Å². The quantitative estimate of drug-likeness (QED) is 0.876. The molecule has 0 spiro atoms. The molecule has 0 amide bonds. The van der Waals surface area contributed by atoms with Crippen molar-refractivity contribution in [3.63, 3.8) is 0 Å². The van der Waals surface area contributed by atoms with Crippen LogP contribution in [0.15, 0.2) is 18.5 Å². The number of pyridine rings is 1. The van der Waals surface area contributed by atoms with E-state index < -0.39 is 0 Å². The molecule has 1 aliphatic rings. The van der Waals surface area contributed by atoms with Gasteiger partial charge < -0.3 is 10.2 Å². The van der Waals surface area contributed by atoms with Crippen molar-refractivity contribution in [3.8, 4) is 6.07 Å². The fourth-order valence-electron chi connectivity index (χ4n) is 1.85. The van der Waals surface area contributed by atoms with Gasteiger partial charge in [0.05, 0.1) is 11.3 Å². The summed E-state index contributed by atoms with van der Waals surface area (Å²) >= 11 is 2.00. The second-order valence-electron chi connectivity index (χ2n) is 4.17. The van der Waals surface area contributed by atoms with E-state index in [0.717, 1.165) is 18.8 Å². The predicted molar refractivity (Wildman–Crippen MR) is 71.2 cm³/mol. The Hall–Kier alpha value is -1.25. The average molecular weight is 248 g/mol. The Morgan fingerprint density at radius 1 is 1.71 bits per heavy atom. The van der Waals surface area contributed by atoms with Gasteiger partial charge in [0.2, 0.25) is 0 Å². The van der Waals surface area contributed by atoms with E-state index in [2.05, 4.69) is 28.3 Å². The SMILES string of the molecule is CN1CCSC(CNc2ccncc2C#N)C1. The topological polar surface area (TPSA) is 52.0 Å². The van der Waals surface area contributed by atoms with Gasteiger partial charge in [-0.3, -0.25) is 4.98 Å². The molecule has 0 aliphatic carbocycles. The van der Waals surface area contributed by atoms with Crippen molar-refractivity contribution < 1.29 is 0 Å². The molecule has 1 atom stereocenters. The van der Waals surface area contributed by atoms with E-state index in [9.17, 15) is 0 Å². The molecular weight excluding hydrogens is 232 g/mol. The molecule has 2 heterocycles. The van der Waals surface area contributed by atoms with Gasteiger partial charge in [-0.15, -0.1) is 0 Å². The lowest BCUT2D eigenvalue weighted by Gasteiger charge is -2.29. The highest BCUT2D eigenvalue weighted by Crippen LogP contribution is 2.19. The Morgan fingerprint density at radius 2 is 2.59 bits per heavy atom. The predicted octanol–water partition coefficient (Wildman–Crippen LogP) is 1.41. The lowest BCUT2D eigenvalue weighted by molar-refractivity contribution is 0.348. The molecule has 1 fully saturated rings. The molecule has 17 heavy (non-hydrogen) atoms. The van der Waals surface area contributed by atoms with Gasteiger partial charge in [-0.05, 0) is 13.1 Å². The second-order valence-corrected chi connectivity index (χ2v) is 5.58. The monoisotopic (exact) mass is 248 g/mol. The average Bonchev–Trinajstić information content (AvgIpc) is 2.37. The van der Waals surface area contributed by atoms with Crippen molar-refractivity contribution in [2.24, 2.45) is 0 Å². The maximum atomic E-state index is 8.95. The van der Waals surface area contributed by atoms with E-state index in [-0.39, 0.29) is 0 Å². The fourth-order valence-corrected chi connectivity index (χ4v) is 3.16. The highest BCUT2D eigenvalue weighted by molar-refractivity contribution is 8.00. The molecule has 0 saturated carbocycles. The van der Waals surface area contributed by atoms with Gasteiger partial charge >= 0.3 is 0 Å². The lowest BCUT2D eigenvalue weighted by Crippen LogP contribution is -2.38. The first kappa shape index (κ1) is 12.2. The van der Waals surface area contributed by atoms with Crippen LogP contribution in [0.25, 0.3) is 0 Å². The van der Waals surface area contributed by atoms with Crippen LogP contribution in [0.4, 0.5) is 5.69 Å². The molecule has 0 radical (unpaired) electrons. The van der Waals surface area contributed by atoms with Crippen LogP contribution in [0.5, 0.6) is 0 Å². The summed E-state index contributed by atoms with van der Waals surface area (Å²) in [5.41, 5.74) is 1.50. The third kappa shape index (κ3) is 3.35. The second kappa shape index (κ2) is 5.89. The molecule has 5 heteroatoms. The van der Waals surface area contributed by atoms with Crippen molar-refractivity contribution in [3.05, 3.63) is 24.0 Å². The first-order valence-corrected chi connectivity index (χ1v) is 6.72. The fraction of sp³-hybridized carbons (Fsp3) is 0.500. The van der Waals surface area contributed by atoms with Crippen molar-refractivity contribution in [1.82, 2.24) is 9.88 Å². The molecule has 90 valence electrons. The van der Waals surface area contributed by atoms with Crippen molar-refractivity contribution >= 4 is 17.4 Å². The molecular formula is C12H16N4S. The lowest BCUT2D eigenvalue weighted by atomic mass is 10.2. The summed E-state index contributed by atoms with van der Waals surface area (Å²) in [4.78, 5) is 6.29. The minimum Gasteiger partial charge on any atom is -0.383 e. The number of hydrogen-bond donors (Lipinski definition) is 1. The first-order chi connectivity index (χ1) is 8.29. The Balaban J connectivity index is 1.91. The number of thioether (sulfide) groups is 1. The minimum atomic E-state index is 0.591. The summed E-state index contributed by atoms with van der Waals surface area (Å²) < 4.78 is 0. The minimum absolute atomic E-state index is 0.591. The molecule has 4 nitrogen and oxygen atoms in total. The first-order valence-electron chi connectivity index (χ1n) is 5.67. The Morgan fingerprint density at radius 3 is 3.35 bits per heavy atom. The molecule has 1 aliphatic heterocycles. The highest BCUT2D eigenvalue weighted by Gasteiger charge is 2.17. The zero-order chi connectivity index (χ0) is 12.1. The number of nitriles is 1. The summed E-state index contributed by atoms with van der Waals surface area (Å²) in [6.07, 6.45) is 3.31. The van der Waals surface area contributed by atoms with Crippen LogP contribution in [0.3, 0.4) is 0 Å². The maximum absolute atomic E-state index is 8.95. The zero-order valence-corrected chi connectivity index (χ0v) is 10.7. The van der Waals surface area contributed by atoms with E-state index in [4.69, 9.17) is 5.26 Å². The summed E-state index contributed by atoms with van der Waals surface area (Å²) in [6.45, 7) is 3.16. The van der Waals surface area contributed by atoms with Gasteiger partial charge in [0.25, 0.3) is 0 Å². The van der Waals surface area contributed by atoms with Gasteiger partial charge in [-0.25, -0.2) is 0 Å². The van der Waals surface area contributed by atoms with Crippen LogP contribution in [-0.4, -0.2) is 47.6 Å². The van der Waals surface area contributed by atoms with Crippen molar-refractivity contribution in [1.29, 1.82) is 5.26 Å². The molecule has 1 aromatic rings. The largest absolute Gasteiger partial charge is 0.383 e. The summed E-state index contributed by atoms with van der Waals surface area (Å²) in [5.74, 6) is 1.18. The van der Waals surface area contributed by atoms with E-state index >= 15 is 0 Å². The zero-order valence-electron chi connectivity index (χ0n) is 9.89. The van der Waals surface area contributed by atoms with Crippen molar-refractivity contribution in [2.75, 3.05) is 37.8 Å². The molecule has 0 bridgehead atoms. The molecule has 1 aromatic heterocycles. The third-order valence-corrected chi connectivity index (χ3v) is 4.01. The van der Waals surface area contributed by atoms with Crippen LogP contribution in [0, 0.1) is 11.3 Å². The standard InChI is InChI=1S/C12H16N4S/c1-16-4-5-17-11(9-16)8-15-12-2-3-14-7-10(12)6-13/h2-3,7,11H,4-5,8-9H2,1H3,(H,14,15). The Kier molecular flexibility index (Phi) is 4.24. The molecule has 2 rings (SSSR count). The highest BCUT2D eigenvalue weighted by atomic mass is 32.2. The number of rotatable bonds is 3. The number of anilines is 1. The smallest absolute Gasteiger partial charge is 0.103 e. The van der Waals surface area contributed by atoms with E-state index in [1.807, 2.05) is 17.8 Å². The Labute approximate surface area is 106 Å². The normalized spacial score (nSPS) is 20.8. The van der Waals surface area contributed by atoms with Crippen LogP contribution < -0.4 is 5.32 Å². The molecule has 1 saturated heterocycles. The molecule has 1 unspecified atom stereocenters. The van der Waals surface area contributed by atoms with E-state index in [1.165, 1.54) is 12.3 Å². The number of aromatic nitrogens is 1. The van der Waals surface area contributed by atoms with Crippen LogP contribution in [0.2, 0.25) is 0 Å². The van der Waals surface area contributed by atoms with Crippen LogP contribution >= 0.6 is 11.8 Å². The van der Waals surface area contributed by atoms with E-state index in [0.29, 0.717) is 10.8 Å². The van der Waals surface area contributed by atoms with E-state index in [1.54, 1.807) is 12.4 Å². The molecule has 1 N–H and O–H groups in total. The summed E-state index contributed by atoms with van der Waals surface area (Å²) in [6, 6.07) is 4.01. The Bertz CT molecular complexity index is 415. The van der Waals surface area contributed by atoms with Crippen LogP contribution in [-0.2, 0) is 0 Å². The number of hydrogen-bond acceptors (Lipinski definition) is 5. The third-order valence-electron chi connectivity index (χ3n) is 2.80. The summed E-state index contributed by atoms with van der Waals surface area (Å²) in [7, 11) is 2.15. The van der Waals surface area contributed by atoms with Gasteiger partial charge in [0.1, 0.15) is 6.07 Å². The van der Waals surface area contributed by atoms with Gasteiger partial charge in [0, 0.05) is 43.0 Å². The van der Waals surface area contributed by atoms with Gasteiger partial charge in [-0.1, -0.05) is 0 Å². The number of nitrogens with zero attached hydrogens (tertiary/aromatic N) is 3.